The van der Waals surface area contributed by atoms with Crippen LogP contribution in [-0.4, -0.2) is 68.9 Å². The number of hydrogen-bond acceptors (Lipinski definition) is 9. The molecule has 196 valence electrons. The lowest BCUT2D eigenvalue weighted by Crippen LogP contribution is -2.41. The minimum absolute atomic E-state index is 0.133. The van der Waals surface area contributed by atoms with Gasteiger partial charge in [-0.05, 0) is 51.6 Å². The Morgan fingerprint density at radius 3 is 2.78 bits per heavy atom. The molecule has 1 aliphatic heterocycles. The van der Waals surface area contributed by atoms with E-state index in [1.54, 1.807) is 28.9 Å². The quantitative estimate of drug-likeness (QED) is 0.382. The maximum atomic E-state index is 13.4. The van der Waals surface area contributed by atoms with Gasteiger partial charge in [-0.15, -0.1) is 5.10 Å². The summed E-state index contributed by atoms with van der Waals surface area (Å²) in [5.41, 5.74) is 2.37. The number of aromatic nitrogens is 5. The first-order valence-electron chi connectivity index (χ1n) is 12.0. The zero-order valence-electron chi connectivity index (χ0n) is 21.9. The maximum absolute atomic E-state index is 13.4. The average Bonchev–Trinajstić information content (AvgIpc) is 3.26. The van der Waals surface area contributed by atoms with Crippen molar-refractivity contribution in [1.29, 1.82) is 0 Å². The van der Waals surface area contributed by atoms with Crippen LogP contribution in [0.2, 0.25) is 0 Å². The van der Waals surface area contributed by atoms with E-state index < -0.39 is 17.7 Å². The van der Waals surface area contributed by atoms with Gasteiger partial charge in [0.1, 0.15) is 23.2 Å². The molecule has 11 nitrogen and oxygen atoms in total. The van der Waals surface area contributed by atoms with Gasteiger partial charge in [-0.3, -0.25) is 4.79 Å². The van der Waals surface area contributed by atoms with Gasteiger partial charge in [0.25, 0.3) is 5.91 Å². The summed E-state index contributed by atoms with van der Waals surface area (Å²) in [4.78, 5) is 38.1. The van der Waals surface area contributed by atoms with Crippen molar-refractivity contribution in [2.75, 3.05) is 36.2 Å². The number of ether oxygens (including phenoxy) is 1. The highest BCUT2D eigenvalue weighted by atomic mass is 32.2. The molecule has 2 aromatic heterocycles. The Balaban J connectivity index is 1.48. The smallest absolute Gasteiger partial charge is 0.408 e. The number of alkyl carbamates (subject to hydrolysis) is 1. The van der Waals surface area contributed by atoms with Crippen molar-refractivity contribution in [2.24, 2.45) is 0 Å². The molecule has 0 saturated heterocycles. The van der Waals surface area contributed by atoms with Crippen LogP contribution in [0, 0.1) is 0 Å². The molecule has 12 heteroatoms. The van der Waals surface area contributed by atoms with E-state index >= 15 is 0 Å². The summed E-state index contributed by atoms with van der Waals surface area (Å²) >= 11 is 1.45. The minimum atomic E-state index is -0.553. The molecule has 3 heterocycles. The van der Waals surface area contributed by atoms with Gasteiger partial charge in [-0.1, -0.05) is 29.1 Å². The Hall–Kier alpha value is -3.67. The van der Waals surface area contributed by atoms with Gasteiger partial charge in [0.15, 0.2) is 5.16 Å². The highest BCUT2D eigenvalue weighted by Crippen LogP contribution is 2.27. The van der Waals surface area contributed by atoms with Crippen molar-refractivity contribution < 1.29 is 14.3 Å². The Labute approximate surface area is 220 Å². The number of rotatable bonds is 6. The van der Waals surface area contributed by atoms with E-state index in [0.717, 1.165) is 11.3 Å². The lowest BCUT2D eigenvalue weighted by atomic mass is 10.1. The van der Waals surface area contributed by atoms with Crippen molar-refractivity contribution in [3.63, 3.8) is 0 Å². The Bertz CT molecular complexity index is 1290. The van der Waals surface area contributed by atoms with Crippen LogP contribution in [0.15, 0.2) is 41.8 Å². The second-order valence-electron chi connectivity index (χ2n) is 9.91. The number of hydrogen-bond donors (Lipinski definition) is 1. The Kier molecular flexibility index (Phi) is 7.67. The first kappa shape index (κ1) is 26.4. The number of carbonyl (C=O) groups is 2. The molecule has 0 fully saturated rings. The van der Waals surface area contributed by atoms with Crippen molar-refractivity contribution in [3.8, 4) is 0 Å². The Morgan fingerprint density at radius 2 is 2.05 bits per heavy atom. The van der Waals surface area contributed by atoms with E-state index in [2.05, 4.69) is 25.6 Å². The molecule has 1 atom stereocenters. The molecule has 1 unspecified atom stereocenters. The predicted octanol–water partition coefficient (Wildman–Crippen LogP) is 3.52. The Morgan fingerprint density at radius 1 is 1.27 bits per heavy atom. The molecule has 0 bridgehead atoms. The zero-order valence-corrected chi connectivity index (χ0v) is 22.7. The summed E-state index contributed by atoms with van der Waals surface area (Å²) in [6, 6.07) is 7.77. The predicted molar refractivity (Wildman–Crippen MR) is 142 cm³/mol. The lowest BCUT2D eigenvalue weighted by Gasteiger charge is -2.21. The number of anilines is 2. The van der Waals surface area contributed by atoms with Gasteiger partial charge in [0.2, 0.25) is 0 Å². The molecule has 2 amide bonds. The normalized spacial score (nSPS) is 14.7. The van der Waals surface area contributed by atoms with Crippen molar-refractivity contribution in [1.82, 2.24) is 30.3 Å². The van der Waals surface area contributed by atoms with Crippen molar-refractivity contribution >= 4 is 35.3 Å². The maximum Gasteiger partial charge on any atom is 0.408 e. The first-order chi connectivity index (χ1) is 17.5. The summed E-state index contributed by atoms with van der Waals surface area (Å²) in [7, 11) is 1.93. The minimum Gasteiger partial charge on any atom is -0.440 e. The molecule has 37 heavy (non-hydrogen) atoms. The van der Waals surface area contributed by atoms with Crippen LogP contribution in [0.1, 0.15) is 55.4 Å². The molecular formula is C25H32N8O3S. The standard InChI is InChI=1S/C25H32N8O3S/c1-16(36-24(35)28-25(2,3)4)20-15-32(30-29-20)14-17-8-7-9-18(12-17)33-11-10-31(5)21-19(22(33)34)13-26-23(27-21)37-6/h7-9,12-13,15-16H,10-11,14H2,1-6H3,(H,28,35). The van der Waals surface area contributed by atoms with Gasteiger partial charge < -0.3 is 19.9 Å². The second-order valence-corrected chi connectivity index (χ2v) is 10.7. The van der Waals surface area contributed by atoms with Crippen LogP contribution in [0.3, 0.4) is 0 Å². The second kappa shape index (κ2) is 10.8. The number of carbonyl (C=O) groups excluding carboxylic acids is 2. The third kappa shape index (κ3) is 6.37. The van der Waals surface area contributed by atoms with Crippen molar-refractivity contribution in [2.45, 2.75) is 51.0 Å². The van der Waals surface area contributed by atoms with Crippen LogP contribution in [-0.2, 0) is 11.3 Å². The van der Waals surface area contributed by atoms with Crippen LogP contribution < -0.4 is 15.1 Å². The van der Waals surface area contributed by atoms with Gasteiger partial charge in [0, 0.05) is 37.6 Å². The first-order valence-corrected chi connectivity index (χ1v) is 13.2. The number of fused-ring (bicyclic) bond motifs is 1. The van der Waals surface area contributed by atoms with E-state index in [-0.39, 0.29) is 5.91 Å². The summed E-state index contributed by atoms with van der Waals surface area (Å²) in [6.07, 6.45) is 4.21. The molecule has 0 radical (unpaired) electrons. The van der Waals surface area contributed by atoms with Gasteiger partial charge >= 0.3 is 6.09 Å². The van der Waals surface area contributed by atoms with Crippen LogP contribution in [0.4, 0.5) is 16.3 Å². The van der Waals surface area contributed by atoms with E-state index in [0.29, 0.717) is 41.9 Å². The van der Waals surface area contributed by atoms with Crippen LogP contribution in [0.5, 0.6) is 0 Å². The fourth-order valence-corrected chi connectivity index (χ4v) is 4.23. The van der Waals surface area contributed by atoms with E-state index in [9.17, 15) is 9.59 Å². The monoisotopic (exact) mass is 524 g/mol. The average molecular weight is 525 g/mol. The molecule has 0 spiro atoms. The molecule has 4 rings (SSSR count). The van der Waals surface area contributed by atoms with Gasteiger partial charge in [0.05, 0.1) is 12.7 Å². The number of thioether (sulfide) groups is 1. The van der Waals surface area contributed by atoms with E-state index in [1.165, 1.54) is 11.8 Å². The molecule has 3 aromatic rings. The summed E-state index contributed by atoms with van der Waals surface area (Å²) in [5, 5.41) is 11.8. The SMILES string of the molecule is CSc1ncc2c(n1)N(C)CCN(c1cccc(Cn3cc(C(C)OC(=O)NC(C)(C)C)nn3)c1)C2=O. The number of nitrogens with one attached hydrogen (secondary N) is 1. The molecule has 1 aromatic carbocycles. The highest BCUT2D eigenvalue weighted by molar-refractivity contribution is 7.98. The van der Waals surface area contributed by atoms with Crippen LogP contribution in [0.25, 0.3) is 0 Å². The number of likely N-dealkylation sites (N-methyl/N-ethyl adjacent to an activating group) is 1. The van der Waals surface area contributed by atoms with Gasteiger partial charge in [-0.25, -0.2) is 19.4 Å². The van der Waals surface area contributed by atoms with Gasteiger partial charge in [-0.2, -0.15) is 0 Å². The highest BCUT2D eigenvalue weighted by Gasteiger charge is 2.28. The molecule has 1 N–H and O–H groups in total. The molecule has 0 saturated carbocycles. The van der Waals surface area contributed by atoms with E-state index in [1.807, 2.05) is 63.2 Å². The van der Waals surface area contributed by atoms with Crippen molar-refractivity contribution in [3.05, 3.63) is 53.5 Å². The fourth-order valence-electron chi connectivity index (χ4n) is 3.89. The molecule has 1 aliphatic rings. The van der Waals surface area contributed by atoms with E-state index in [4.69, 9.17) is 4.74 Å². The third-order valence-electron chi connectivity index (χ3n) is 5.73. The third-order valence-corrected chi connectivity index (χ3v) is 6.29. The zero-order chi connectivity index (χ0) is 26.7. The lowest BCUT2D eigenvalue weighted by molar-refractivity contribution is 0.0974. The topological polar surface area (TPSA) is 118 Å². The fraction of sp³-hybridized carbons (Fsp3) is 0.440. The number of amides is 2. The van der Waals surface area contributed by atoms with Crippen LogP contribution >= 0.6 is 11.8 Å². The number of nitrogens with zero attached hydrogens (tertiary/aromatic N) is 7. The molecule has 0 aliphatic carbocycles. The largest absolute Gasteiger partial charge is 0.440 e. The summed E-state index contributed by atoms with van der Waals surface area (Å²) in [6.45, 7) is 9.00. The summed E-state index contributed by atoms with van der Waals surface area (Å²) < 4.78 is 7.11. The summed E-state index contributed by atoms with van der Waals surface area (Å²) in [5.74, 6) is 0.511. The number of benzene rings is 1. The molecular weight excluding hydrogens is 492 g/mol.